The minimum absolute atomic E-state index is 0.135. The summed E-state index contributed by atoms with van der Waals surface area (Å²) in [5, 5.41) is 11.5. The van der Waals surface area contributed by atoms with Crippen LogP contribution in [0.15, 0.2) is 30.4 Å². The lowest BCUT2D eigenvalue weighted by Gasteiger charge is -2.09. The van der Waals surface area contributed by atoms with Crippen molar-refractivity contribution in [3.05, 3.63) is 41.7 Å². The minimum Gasteiger partial charge on any atom is -0.486 e. The topological polar surface area (TPSA) is 45.0 Å². The lowest BCUT2D eigenvalue weighted by atomic mass is 10.2. The third kappa shape index (κ3) is 3.37. The van der Waals surface area contributed by atoms with Crippen LogP contribution in [0.5, 0.6) is 5.75 Å². The molecular formula is C12H13FN2O. The van der Waals surface area contributed by atoms with Crippen molar-refractivity contribution in [1.82, 2.24) is 5.32 Å². The summed E-state index contributed by atoms with van der Waals surface area (Å²) in [6.45, 7) is 4.64. The van der Waals surface area contributed by atoms with Crippen LogP contribution in [-0.2, 0) is 0 Å². The van der Waals surface area contributed by atoms with Crippen LogP contribution < -0.4 is 10.1 Å². The second kappa shape index (κ2) is 5.89. The number of halogens is 1. The molecule has 0 aliphatic carbocycles. The molecule has 0 heterocycles. The molecule has 0 amide bonds. The van der Waals surface area contributed by atoms with Gasteiger partial charge in [0.2, 0.25) is 0 Å². The van der Waals surface area contributed by atoms with Crippen LogP contribution in [0.2, 0.25) is 0 Å². The molecule has 1 aromatic rings. The number of ether oxygens (including phenoxy) is 1. The highest BCUT2D eigenvalue weighted by molar-refractivity contribution is 5.36. The van der Waals surface area contributed by atoms with Gasteiger partial charge in [-0.2, -0.15) is 5.26 Å². The van der Waals surface area contributed by atoms with Crippen molar-refractivity contribution in [3.63, 3.8) is 0 Å². The zero-order valence-corrected chi connectivity index (χ0v) is 9.09. The van der Waals surface area contributed by atoms with Crippen LogP contribution in [0.4, 0.5) is 4.39 Å². The highest BCUT2D eigenvalue weighted by atomic mass is 19.1. The van der Waals surface area contributed by atoms with Crippen LogP contribution in [0.1, 0.15) is 5.56 Å². The van der Waals surface area contributed by atoms with Crippen molar-refractivity contribution in [2.45, 2.75) is 0 Å². The molecule has 0 saturated heterocycles. The highest BCUT2D eigenvalue weighted by Gasteiger charge is 2.04. The Morgan fingerprint density at radius 1 is 1.62 bits per heavy atom. The molecular weight excluding hydrogens is 207 g/mol. The maximum Gasteiger partial charge on any atom is 0.166 e. The predicted octanol–water partition coefficient (Wildman–Crippen LogP) is 1.85. The molecule has 0 unspecified atom stereocenters. The van der Waals surface area contributed by atoms with E-state index < -0.39 is 5.82 Å². The van der Waals surface area contributed by atoms with E-state index in [1.165, 1.54) is 12.1 Å². The summed E-state index contributed by atoms with van der Waals surface area (Å²) in [5.41, 5.74) is 1.10. The number of likely N-dealkylation sites (N-methyl/N-ethyl adjacent to an activating group) is 1. The average molecular weight is 220 g/mol. The molecule has 1 N–H and O–H groups in total. The molecule has 0 saturated carbocycles. The fraction of sp³-hybridized carbons (Fsp3) is 0.250. The fourth-order valence-corrected chi connectivity index (χ4v) is 1.17. The van der Waals surface area contributed by atoms with E-state index in [2.05, 4.69) is 11.9 Å². The first kappa shape index (κ1) is 12.2. The van der Waals surface area contributed by atoms with Gasteiger partial charge in [0.15, 0.2) is 11.6 Å². The molecule has 0 radical (unpaired) electrons. The van der Waals surface area contributed by atoms with Crippen molar-refractivity contribution in [3.8, 4) is 11.8 Å². The van der Waals surface area contributed by atoms with Gasteiger partial charge in [0.1, 0.15) is 6.61 Å². The van der Waals surface area contributed by atoms with Crippen molar-refractivity contribution in [2.75, 3.05) is 20.2 Å². The summed E-state index contributed by atoms with van der Waals surface area (Å²) < 4.78 is 18.6. The summed E-state index contributed by atoms with van der Waals surface area (Å²) in [4.78, 5) is 0. The molecule has 0 aliphatic rings. The van der Waals surface area contributed by atoms with Gasteiger partial charge in [0.05, 0.1) is 11.6 Å². The van der Waals surface area contributed by atoms with E-state index in [0.29, 0.717) is 6.54 Å². The van der Waals surface area contributed by atoms with E-state index in [0.717, 1.165) is 11.6 Å². The summed E-state index contributed by atoms with van der Waals surface area (Å²) in [7, 11) is 1.80. The zero-order chi connectivity index (χ0) is 12.0. The molecule has 4 heteroatoms. The van der Waals surface area contributed by atoms with Crippen molar-refractivity contribution < 1.29 is 9.13 Å². The van der Waals surface area contributed by atoms with E-state index in [9.17, 15) is 4.39 Å². The Kier molecular flexibility index (Phi) is 4.49. The van der Waals surface area contributed by atoms with Gasteiger partial charge >= 0.3 is 0 Å². The van der Waals surface area contributed by atoms with Gasteiger partial charge in [-0.25, -0.2) is 4.39 Å². The Morgan fingerprint density at radius 3 is 2.94 bits per heavy atom. The van der Waals surface area contributed by atoms with E-state index in [4.69, 9.17) is 10.00 Å². The number of rotatable bonds is 5. The number of hydrogen-bond donors (Lipinski definition) is 1. The SMILES string of the molecule is C=C(CNC)COc1ccc(C#N)cc1F. The Bertz CT molecular complexity index is 424. The van der Waals surface area contributed by atoms with Gasteiger partial charge in [0, 0.05) is 6.54 Å². The van der Waals surface area contributed by atoms with E-state index in [1.54, 1.807) is 7.05 Å². The Hall–Kier alpha value is -1.86. The van der Waals surface area contributed by atoms with Crippen LogP contribution in [0.3, 0.4) is 0 Å². The molecule has 84 valence electrons. The van der Waals surface area contributed by atoms with E-state index in [1.807, 2.05) is 6.07 Å². The van der Waals surface area contributed by atoms with E-state index in [-0.39, 0.29) is 17.9 Å². The standard InChI is InChI=1S/C12H13FN2O/c1-9(7-15-2)8-16-12-4-3-10(6-14)5-11(12)13/h3-5,15H,1,7-8H2,2H3. The van der Waals surface area contributed by atoms with Gasteiger partial charge in [-0.3, -0.25) is 0 Å². The number of benzene rings is 1. The van der Waals surface area contributed by atoms with Gasteiger partial charge in [-0.15, -0.1) is 0 Å². The quantitative estimate of drug-likeness (QED) is 0.770. The number of nitriles is 1. The van der Waals surface area contributed by atoms with E-state index >= 15 is 0 Å². The largest absolute Gasteiger partial charge is 0.486 e. The molecule has 0 fully saturated rings. The number of hydrogen-bond acceptors (Lipinski definition) is 3. The molecule has 1 rings (SSSR count). The summed E-state index contributed by atoms with van der Waals surface area (Å²) >= 11 is 0. The monoisotopic (exact) mass is 220 g/mol. The number of nitrogens with one attached hydrogen (secondary N) is 1. The minimum atomic E-state index is -0.531. The van der Waals surface area contributed by atoms with Gasteiger partial charge < -0.3 is 10.1 Å². The van der Waals surface area contributed by atoms with Crippen molar-refractivity contribution >= 4 is 0 Å². The van der Waals surface area contributed by atoms with Crippen molar-refractivity contribution in [1.29, 1.82) is 5.26 Å². The highest BCUT2D eigenvalue weighted by Crippen LogP contribution is 2.18. The van der Waals surface area contributed by atoms with Gasteiger partial charge in [-0.05, 0) is 30.8 Å². The molecule has 0 spiro atoms. The average Bonchev–Trinajstić information content (AvgIpc) is 2.27. The normalized spacial score (nSPS) is 9.56. The van der Waals surface area contributed by atoms with Crippen LogP contribution in [-0.4, -0.2) is 20.2 Å². The lowest BCUT2D eigenvalue weighted by Crippen LogP contribution is -2.14. The molecule has 16 heavy (non-hydrogen) atoms. The Morgan fingerprint density at radius 2 is 2.38 bits per heavy atom. The summed E-state index contributed by atoms with van der Waals surface area (Å²) in [6, 6.07) is 5.96. The zero-order valence-electron chi connectivity index (χ0n) is 9.09. The second-order valence-electron chi connectivity index (χ2n) is 3.33. The summed E-state index contributed by atoms with van der Waals surface area (Å²) in [6.07, 6.45) is 0. The van der Waals surface area contributed by atoms with Gasteiger partial charge in [-0.1, -0.05) is 6.58 Å². The van der Waals surface area contributed by atoms with Crippen LogP contribution >= 0.6 is 0 Å². The number of nitrogens with zero attached hydrogens (tertiary/aromatic N) is 1. The molecule has 3 nitrogen and oxygen atoms in total. The molecule has 0 aliphatic heterocycles. The first-order chi connectivity index (χ1) is 7.67. The third-order valence-electron chi connectivity index (χ3n) is 1.92. The molecule has 0 aromatic heterocycles. The molecule has 1 aromatic carbocycles. The Labute approximate surface area is 94.2 Å². The first-order valence-electron chi connectivity index (χ1n) is 4.81. The van der Waals surface area contributed by atoms with Gasteiger partial charge in [0.25, 0.3) is 0 Å². The third-order valence-corrected chi connectivity index (χ3v) is 1.92. The smallest absolute Gasteiger partial charge is 0.166 e. The second-order valence-corrected chi connectivity index (χ2v) is 3.33. The maximum absolute atomic E-state index is 13.4. The lowest BCUT2D eigenvalue weighted by molar-refractivity contribution is 0.330. The first-order valence-corrected chi connectivity index (χ1v) is 4.81. The summed E-state index contributed by atoms with van der Waals surface area (Å²) in [5.74, 6) is -0.396. The maximum atomic E-state index is 13.4. The molecule has 0 atom stereocenters. The fourth-order valence-electron chi connectivity index (χ4n) is 1.17. The van der Waals surface area contributed by atoms with Crippen molar-refractivity contribution in [2.24, 2.45) is 0 Å². The molecule has 0 bridgehead atoms. The predicted molar refractivity (Wildman–Crippen MR) is 59.7 cm³/mol. The Balaban J connectivity index is 2.62. The van der Waals surface area contributed by atoms with Crippen LogP contribution in [0, 0.1) is 17.1 Å². The van der Waals surface area contributed by atoms with Crippen LogP contribution in [0.25, 0.3) is 0 Å².